The molecule has 0 radical (unpaired) electrons. The molecule has 1 N–H and O–H groups in total. The van der Waals surface area contributed by atoms with Crippen molar-refractivity contribution in [2.75, 3.05) is 12.8 Å². The van der Waals surface area contributed by atoms with Crippen LogP contribution < -0.4 is 5.32 Å². The molecule has 0 aliphatic carbocycles. The molecule has 0 aromatic carbocycles. The number of thioether (sulfide) groups is 1. The number of nitrogens with zero attached hydrogens (tertiary/aromatic N) is 1. The topological polar surface area (TPSA) is 24.9 Å². The standard InChI is InChI=1S/C12H20N2S/c1-3-4-5-8-15-12-7-6-11(9-13-2)10-14-12/h6-7,10,13H,3-5,8-9H2,1-2H3. The van der Waals surface area contributed by atoms with Crippen molar-refractivity contribution in [1.29, 1.82) is 0 Å². The SMILES string of the molecule is CCCCCSc1ccc(CNC)cn1. The normalized spacial score (nSPS) is 10.5. The van der Waals surface area contributed by atoms with E-state index in [0.29, 0.717) is 0 Å². The molecule has 0 spiro atoms. The lowest BCUT2D eigenvalue weighted by molar-refractivity contribution is 0.778. The summed E-state index contributed by atoms with van der Waals surface area (Å²) in [6.07, 6.45) is 5.86. The average Bonchev–Trinajstić information content (AvgIpc) is 2.27. The molecule has 2 nitrogen and oxygen atoms in total. The third-order valence-corrected chi connectivity index (χ3v) is 3.21. The molecule has 0 aliphatic rings. The maximum absolute atomic E-state index is 4.42. The van der Waals surface area contributed by atoms with Gasteiger partial charge in [-0.1, -0.05) is 25.8 Å². The molecule has 1 heterocycles. The Bertz CT molecular complexity index is 259. The Morgan fingerprint density at radius 1 is 1.33 bits per heavy atom. The van der Waals surface area contributed by atoms with E-state index in [1.807, 2.05) is 25.0 Å². The van der Waals surface area contributed by atoms with Gasteiger partial charge in [-0.2, -0.15) is 0 Å². The van der Waals surface area contributed by atoms with Crippen molar-refractivity contribution in [3.05, 3.63) is 23.9 Å². The highest BCUT2D eigenvalue weighted by Crippen LogP contribution is 2.17. The molecular weight excluding hydrogens is 204 g/mol. The summed E-state index contributed by atoms with van der Waals surface area (Å²) in [4.78, 5) is 4.42. The number of rotatable bonds is 7. The number of hydrogen-bond acceptors (Lipinski definition) is 3. The molecule has 0 unspecified atom stereocenters. The van der Waals surface area contributed by atoms with Gasteiger partial charge in [0.2, 0.25) is 0 Å². The first-order chi connectivity index (χ1) is 7.36. The monoisotopic (exact) mass is 224 g/mol. The van der Waals surface area contributed by atoms with Crippen LogP contribution in [0.1, 0.15) is 31.7 Å². The number of aromatic nitrogens is 1. The first kappa shape index (κ1) is 12.5. The predicted octanol–water partition coefficient (Wildman–Crippen LogP) is 3.08. The first-order valence-electron chi connectivity index (χ1n) is 5.59. The van der Waals surface area contributed by atoms with Gasteiger partial charge in [0.25, 0.3) is 0 Å². The summed E-state index contributed by atoms with van der Waals surface area (Å²) in [5.74, 6) is 1.19. The molecule has 1 rings (SSSR count). The molecule has 0 saturated carbocycles. The van der Waals surface area contributed by atoms with E-state index in [2.05, 4.69) is 29.4 Å². The van der Waals surface area contributed by atoms with Crippen LogP contribution in [0.5, 0.6) is 0 Å². The minimum atomic E-state index is 0.897. The molecule has 1 aromatic rings. The summed E-state index contributed by atoms with van der Waals surface area (Å²) in [5.41, 5.74) is 1.25. The third kappa shape index (κ3) is 5.19. The maximum atomic E-state index is 4.42. The van der Waals surface area contributed by atoms with E-state index in [-0.39, 0.29) is 0 Å². The van der Waals surface area contributed by atoms with Crippen LogP contribution in [0.2, 0.25) is 0 Å². The van der Waals surface area contributed by atoms with E-state index >= 15 is 0 Å². The van der Waals surface area contributed by atoms with Crippen LogP contribution in [0.25, 0.3) is 0 Å². The summed E-state index contributed by atoms with van der Waals surface area (Å²) in [6, 6.07) is 4.26. The van der Waals surface area contributed by atoms with Gasteiger partial charge in [0.05, 0.1) is 5.03 Å². The highest BCUT2D eigenvalue weighted by atomic mass is 32.2. The summed E-state index contributed by atoms with van der Waals surface area (Å²) in [7, 11) is 1.95. The lowest BCUT2D eigenvalue weighted by atomic mass is 10.3. The molecule has 15 heavy (non-hydrogen) atoms. The zero-order valence-corrected chi connectivity index (χ0v) is 10.4. The quantitative estimate of drug-likeness (QED) is 0.569. The number of nitrogens with one attached hydrogen (secondary N) is 1. The van der Waals surface area contributed by atoms with E-state index in [0.717, 1.165) is 11.6 Å². The van der Waals surface area contributed by atoms with Crippen molar-refractivity contribution in [3.63, 3.8) is 0 Å². The lowest BCUT2D eigenvalue weighted by Crippen LogP contribution is -2.05. The number of pyridine rings is 1. The van der Waals surface area contributed by atoms with Gasteiger partial charge in [0.1, 0.15) is 0 Å². The Morgan fingerprint density at radius 3 is 2.80 bits per heavy atom. The molecule has 1 aromatic heterocycles. The third-order valence-electron chi connectivity index (χ3n) is 2.18. The van der Waals surface area contributed by atoms with Gasteiger partial charge in [0, 0.05) is 12.7 Å². The Balaban J connectivity index is 2.29. The second kappa shape index (κ2) is 7.71. The van der Waals surface area contributed by atoms with Crippen molar-refractivity contribution >= 4 is 11.8 Å². The second-order valence-corrected chi connectivity index (χ2v) is 4.71. The average molecular weight is 224 g/mol. The summed E-state index contributed by atoms with van der Waals surface area (Å²) in [6.45, 7) is 3.13. The lowest BCUT2D eigenvalue weighted by Gasteiger charge is -2.02. The molecule has 0 aliphatic heterocycles. The second-order valence-electron chi connectivity index (χ2n) is 3.59. The molecular formula is C12H20N2S. The van der Waals surface area contributed by atoms with Gasteiger partial charge in [-0.05, 0) is 30.9 Å². The number of hydrogen-bond donors (Lipinski definition) is 1. The van der Waals surface area contributed by atoms with Gasteiger partial charge >= 0.3 is 0 Å². The Labute approximate surface area is 96.9 Å². The minimum absolute atomic E-state index is 0.897. The van der Waals surface area contributed by atoms with Crippen molar-refractivity contribution in [1.82, 2.24) is 10.3 Å². The molecule has 0 atom stereocenters. The van der Waals surface area contributed by atoms with Crippen LogP contribution in [0.4, 0.5) is 0 Å². The van der Waals surface area contributed by atoms with E-state index in [4.69, 9.17) is 0 Å². The highest BCUT2D eigenvalue weighted by Gasteiger charge is 1.96. The smallest absolute Gasteiger partial charge is 0.0960 e. The largest absolute Gasteiger partial charge is 0.316 e. The van der Waals surface area contributed by atoms with Gasteiger partial charge in [0.15, 0.2) is 0 Å². The molecule has 0 saturated heterocycles. The van der Waals surface area contributed by atoms with Crippen LogP contribution in [0, 0.1) is 0 Å². The van der Waals surface area contributed by atoms with Gasteiger partial charge in [-0.25, -0.2) is 4.98 Å². The van der Waals surface area contributed by atoms with Crippen LogP contribution in [0.15, 0.2) is 23.4 Å². The molecule has 0 fully saturated rings. The van der Waals surface area contributed by atoms with Crippen molar-refractivity contribution in [3.8, 4) is 0 Å². The summed E-state index contributed by atoms with van der Waals surface area (Å²) in [5, 5.41) is 4.26. The van der Waals surface area contributed by atoms with Gasteiger partial charge in [-0.15, -0.1) is 11.8 Å². The maximum Gasteiger partial charge on any atom is 0.0960 e. The molecule has 3 heteroatoms. The predicted molar refractivity (Wildman–Crippen MR) is 67.2 cm³/mol. The summed E-state index contributed by atoms with van der Waals surface area (Å²) >= 11 is 1.86. The van der Waals surface area contributed by atoms with Crippen LogP contribution in [-0.4, -0.2) is 17.8 Å². The Kier molecular flexibility index (Phi) is 6.44. The fraction of sp³-hybridized carbons (Fsp3) is 0.583. The van der Waals surface area contributed by atoms with E-state index in [9.17, 15) is 0 Å². The Morgan fingerprint density at radius 2 is 2.20 bits per heavy atom. The zero-order valence-electron chi connectivity index (χ0n) is 9.62. The van der Waals surface area contributed by atoms with Gasteiger partial charge in [-0.3, -0.25) is 0 Å². The Hall–Kier alpha value is -0.540. The van der Waals surface area contributed by atoms with E-state index in [1.54, 1.807) is 0 Å². The van der Waals surface area contributed by atoms with Crippen molar-refractivity contribution in [2.45, 2.75) is 37.8 Å². The van der Waals surface area contributed by atoms with Crippen LogP contribution in [0.3, 0.4) is 0 Å². The highest BCUT2D eigenvalue weighted by molar-refractivity contribution is 7.99. The van der Waals surface area contributed by atoms with Crippen molar-refractivity contribution in [2.24, 2.45) is 0 Å². The van der Waals surface area contributed by atoms with Crippen molar-refractivity contribution < 1.29 is 0 Å². The number of unbranched alkanes of at least 4 members (excludes halogenated alkanes) is 2. The summed E-state index contributed by atoms with van der Waals surface area (Å²) < 4.78 is 0. The molecule has 0 amide bonds. The molecule has 0 bridgehead atoms. The van der Waals surface area contributed by atoms with E-state index < -0.39 is 0 Å². The molecule has 84 valence electrons. The minimum Gasteiger partial charge on any atom is -0.316 e. The van der Waals surface area contributed by atoms with Crippen LogP contribution in [-0.2, 0) is 6.54 Å². The van der Waals surface area contributed by atoms with Gasteiger partial charge < -0.3 is 5.32 Å². The zero-order chi connectivity index (χ0) is 10.9. The van der Waals surface area contributed by atoms with Crippen LogP contribution >= 0.6 is 11.8 Å². The fourth-order valence-corrected chi connectivity index (χ4v) is 2.18. The fourth-order valence-electron chi connectivity index (χ4n) is 1.33. The first-order valence-corrected chi connectivity index (χ1v) is 6.57. The van der Waals surface area contributed by atoms with E-state index in [1.165, 1.54) is 30.6 Å².